The number of nitrogens with one attached hydrogen (secondary N) is 2. The summed E-state index contributed by atoms with van der Waals surface area (Å²) in [6, 6.07) is 6.98. The lowest BCUT2D eigenvalue weighted by atomic mass is 10.1. The molecule has 9 heteroatoms. The molecular weight excluding hydrogens is 404 g/mol. The van der Waals surface area contributed by atoms with Crippen molar-refractivity contribution in [2.24, 2.45) is 0 Å². The molecule has 2 aromatic carbocycles. The van der Waals surface area contributed by atoms with Gasteiger partial charge in [0.2, 0.25) is 11.5 Å². The van der Waals surface area contributed by atoms with Crippen molar-refractivity contribution in [3.05, 3.63) is 35.4 Å². The predicted octanol–water partition coefficient (Wildman–Crippen LogP) is 2.26. The van der Waals surface area contributed by atoms with Crippen molar-refractivity contribution in [1.29, 1.82) is 0 Å². The molecule has 2 N–H and O–H groups in total. The van der Waals surface area contributed by atoms with Gasteiger partial charge in [-0.3, -0.25) is 4.79 Å². The van der Waals surface area contributed by atoms with Crippen molar-refractivity contribution >= 4 is 5.91 Å². The van der Waals surface area contributed by atoms with Crippen LogP contribution >= 0.6 is 0 Å². The van der Waals surface area contributed by atoms with E-state index < -0.39 is 0 Å². The second kappa shape index (κ2) is 11.8. The fourth-order valence-electron chi connectivity index (χ4n) is 3.05. The van der Waals surface area contributed by atoms with Gasteiger partial charge in [-0.2, -0.15) is 0 Å². The first-order valence-electron chi connectivity index (χ1n) is 9.60. The van der Waals surface area contributed by atoms with Gasteiger partial charge >= 0.3 is 0 Å². The summed E-state index contributed by atoms with van der Waals surface area (Å²) in [5.41, 5.74) is 1.38. The van der Waals surface area contributed by atoms with Crippen LogP contribution in [0.2, 0.25) is 0 Å². The van der Waals surface area contributed by atoms with Gasteiger partial charge in [-0.1, -0.05) is 0 Å². The van der Waals surface area contributed by atoms with E-state index in [2.05, 4.69) is 10.6 Å². The van der Waals surface area contributed by atoms with Crippen molar-refractivity contribution in [2.45, 2.75) is 6.54 Å². The van der Waals surface area contributed by atoms with Gasteiger partial charge < -0.3 is 39.1 Å². The van der Waals surface area contributed by atoms with Crippen molar-refractivity contribution in [2.75, 3.05) is 55.7 Å². The fraction of sp³-hybridized carbons (Fsp3) is 0.409. The molecule has 0 unspecified atom stereocenters. The predicted molar refractivity (Wildman–Crippen MR) is 116 cm³/mol. The number of rotatable bonds is 12. The Morgan fingerprint density at radius 2 is 1.13 bits per heavy atom. The third kappa shape index (κ3) is 5.85. The number of carbonyl (C=O) groups excluding carboxylic acids is 1. The molecule has 0 aromatic heterocycles. The summed E-state index contributed by atoms with van der Waals surface area (Å²) in [5.74, 6) is 2.78. The Kier molecular flexibility index (Phi) is 9.08. The Hall–Kier alpha value is -3.33. The zero-order chi connectivity index (χ0) is 22.8. The van der Waals surface area contributed by atoms with E-state index in [0.717, 1.165) is 5.56 Å². The SMILES string of the molecule is COc1cc(CNCCNC(=O)c2cc(OC)c(OC)c(OC)c2)cc(OC)c1OC. The van der Waals surface area contributed by atoms with Crippen LogP contribution in [-0.2, 0) is 6.54 Å². The van der Waals surface area contributed by atoms with Crippen LogP contribution in [-0.4, -0.2) is 61.7 Å². The zero-order valence-corrected chi connectivity index (χ0v) is 18.8. The van der Waals surface area contributed by atoms with Crippen LogP contribution in [0.1, 0.15) is 15.9 Å². The molecule has 0 saturated carbocycles. The summed E-state index contributed by atoms with van der Waals surface area (Å²) in [6.07, 6.45) is 0. The highest BCUT2D eigenvalue weighted by Crippen LogP contribution is 2.39. The first kappa shape index (κ1) is 23.9. The number of hydrogen-bond donors (Lipinski definition) is 2. The normalized spacial score (nSPS) is 10.3. The van der Waals surface area contributed by atoms with Crippen LogP contribution in [0, 0.1) is 0 Å². The molecule has 0 radical (unpaired) electrons. The third-order valence-corrected chi connectivity index (χ3v) is 4.57. The summed E-state index contributed by atoms with van der Waals surface area (Å²) in [7, 11) is 9.24. The monoisotopic (exact) mass is 434 g/mol. The van der Waals surface area contributed by atoms with Crippen molar-refractivity contribution < 1.29 is 33.2 Å². The second-order valence-electron chi connectivity index (χ2n) is 6.38. The second-order valence-corrected chi connectivity index (χ2v) is 6.38. The fourth-order valence-corrected chi connectivity index (χ4v) is 3.05. The standard InChI is InChI=1S/C22H30N2O7/c1-26-16-9-14(10-17(27-2)20(16)30-5)13-23-7-8-24-22(25)15-11-18(28-3)21(31-6)19(12-15)29-4/h9-12,23H,7-8,13H2,1-6H3,(H,24,25). The van der Waals surface area contributed by atoms with Gasteiger partial charge in [0.25, 0.3) is 5.91 Å². The van der Waals surface area contributed by atoms with Crippen molar-refractivity contribution in [1.82, 2.24) is 10.6 Å². The average molecular weight is 434 g/mol. The molecule has 0 aliphatic rings. The molecular formula is C22H30N2O7. The minimum absolute atomic E-state index is 0.242. The highest BCUT2D eigenvalue weighted by Gasteiger charge is 2.17. The molecule has 0 heterocycles. The molecule has 0 saturated heterocycles. The molecule has 2 rings (SSSR count). The Balaban J connectivity index is 1.93. The zero-order valence-electron chi connectivity index (χ0n) is 18.8. The summed E-state index contributed by atoms with van der Waals surface area (Å²) in [5, 5.41) is 6.14. The summed E-state index contributed by atoms with van der Waals surface area (Å²) in [4.78, 5) is 12.5. The van der Waals surface area contributed by atoms with E-state index in [0.29, 0.717) is 59.7 Å². The van der Waals surface area contributed by atoms with Crippen LogP contribution in [0.4, 0.5) is 0 Å². The molecule has 0 aliphatic heterocycles. The molecule has 0 aliphatic carbocycles. The smallest absolute Gasteiger partial charge is 0.251 e. The molecule has 170 valence electrons. The van der Waals surface area contributed by atoms with Gasteiger partial charge in [-0.15, -0.1) is 0 Å². The molecule has 9 nitrogen and oxygen atoms in total. The molecule has 0 fully saturated rings. The average Bonchev–Trinajstić information content (AvgIpc) is 2.81. The van der Waals surface area contributed by atoms with E-state index in [9.17, 15) is 4.79 Å². The van der Waals surface area contributed by atoms with Gasteiger partial charge in [-0.05, 0) is 29.8 Å². The Morgan fingerprint density at radius 1 is 0.677 bits per heavy atom. The number of hydrogen-bond acceptors (Lipinski definition) is 8. The van der Waals surface area contributed by atoms with Gasteiger partial charge in [0, 0.05) is 25.2 Å². The summed E-state index contributed by atoms with van der Waals surface area (Å²) < 4.78 is 31.9. The molecule has 0 atom stereocenters. The van der Waals surface area contributed by atoms with E-state index in [-0.39, 0.29) is 5.91 Å². The number of benzene rings is 2. The Morgan fingerprint density at radius 3 is 1.55 bits per heavy atom. The third-order valence-electron chi connectivity index (χ3n) is 4.57. The van der Waals surface area contributed by atoms with E-state index in [1.807, 2.05) is 12.1 Å². The maximum atomic E-state index is 12.5. The van der Waals surface area contributed by atoms with Crippen LogP contribution in [0.25, 0.3) is 0 Å². The topological polar surface area (TPSA) is 96.5 Å². The maximum absolute atomic E-state index is 12.5. The van der Waals surface area contributed by atoms with E-state index >= 15 is 0 Å². The number of ether oxygens (including phenoxy) is 6. The van der Waals surface area contributed by atoms with Crippen LogP contribution < -0.4 is 39.1 Å². The number of methoxy groups -OCH3 is 6. The van der Waals surface area contributed by atoms with Gasteiger partial charge in [-0.25, -0.2) is 0 Å². The van der Waals surface area contributed by atoms with Crippen LogP contribution in [0.5, 0.6) is 34.5 Å². The number of amides is 1. The first-order valence-corrected chi connectivity index (χ1v) is 9.60. The largest absolute Gasteiger partial charge is 0.493 e. The van der Waals surface area contributed by atoms with Gasteiger partial charge in [0.15, 0.2) is 23.0 Å². The van der Waals surface area contributed by atoms with E-state index in [1.54, 1.807) is 33.5 Å². The molecule has 1 amide bonds. The minimum atomic E-state index is -0.242. The first-order chi connectivity index (χ1) is 15.0. The summed E-state index contributed by atoms with van der Waals surface area (Å²) >= 11 is 0. The molecule has 2 aromatic rings. The molecule has 31 heavy (non-hydrogen) atoms. The Bertz CT molecular complexity index is 836. The maximum Gasteiger partial charge on any atom is 0.251 e. The van der Waals surface area contributed by atoms with E-state index in [1.165, 1.54) is 21.3 Å². The van der Waals surface area contributed by atoms with Crippen LogP contribution in [0.3, 0.4) is 0 Å². The van der Waals surface area contributed by atoms with Gasteiger partial charge in [0.05, 0.1) is 42.7 Å². The molecule has 0 bridgehead atoms. The van der Waals surface area contributed by atoms with Crippen LogP contribution in [0.15, 0.2) is 24.3 Å². The quantitative estimate of drug-likeness (QED) is 0.491. The van der Waals surface area contributed by atoms with E-state index in [4.69, 9.17) is 28.4 Å². The van der Waals surface area contributed by atoms with Crippen molar-refractivity contribution in [3.8, 4) is 34.5 Å². The molecule has 0 spiro atoms. The lowest BCUT2D eigenvalue weighted by Crippen LogP contribution is -2.31. The highest BCUT2D eigenvalue weighted by atomic mass is 16.5. The highest BCUT2D eigenvalue weighted by molar-refractivity contribution is 5.95. The Labute approximate surface area is 182 Å². The lowest BCUT2D eigenvalue weighted by molar-refractivity contribution is 0.0953. The van der Waals surface area contributed by atoms with Crippen molar-refractivity contribution in [3.63, 3.8) is 0 Å². The summed E-state index contributed by atoms with van der Waals surface area (Å²) in [6.45, 7) is 1.56. The lowest BCUT2D eigenvalue weighted by Gasteiger charge is -2.15. The minimum Gasteiger partial charge on any atom is -0.493 e. The number of carbonyl (C=O) groups is 1. The van der Waals surface area contributed by atoms with Gasteiger partial charge in [0.1, 0.15) is 0 Å².